The van der Waals surface area contributed by atoms with Crippen molar-refractivity contribution in [3.63, 3.8) is 0 Å². The van der Waals surface area contributed by atoms with E-state index in [0.29, 0.717) is 37.2 Å². The number of allylic oxidation sites excluding steroid dienone is 1. The van der Waals surface area contributed by atoms with Gasteiger partial charge in [0.25, 0.3) is 11.5 Å². The number of nitrogen functional groups attached to an aromatic ring is 1. The van der Waals surface area contributed by atoms with Crippen molar-refractivity contribution in [1.82, 2.24) is 9.36 Å². The number of hydrogen-bond donors (Lipinski definition) is 3. The summed E-state index contributed by atoms with van der Waals surface area (Å²) < 4.78 is 15.1. The number of amides is 1. The summed E-state index contributed by atoms with van der Waals surface area (Å²) in [7, 11) is 1.81. The van der Waals surface area contributed by atoms with Gasteiger partial charge in [-0.05, 0) is 43.2 Å². The first-order valence-corrected chi connectivity index (χ1v) is 11.6. The molecule has 9 heteroatoms. The van der Waals surface area contributed by atoms with Crippen LogP contribution in [0.3, 0.4) is 0 Å². The number of aliphatic hydroxyl groups is 1. The molecule has 1 aliphatic rings. The number of carbonyl (C=O) groups excluding carboxylic acids is 1. The second-order valence-electron chi connectivity index (χ2n) is 8.34. The Balaban J connectivity index is 1.63. The van der Waals surface area contributed by atoms with E-state index in [2.05, 4.69) is 5.32 Å². The summed E-state index contributed by atoms with van der Waals surface area (Å²) in [4.78, 5) is 25.9. The fourth-order valence-corrected chi connectivity index (χ4v) is 4.11. The Morgan fingerprint density at radius 1 is 1.17 bits per heavy atom. The van der Waals surface area contributed by atoms with E-state index >= 15 is 0 Å². The molecule has 4 rings (SSSR count). The van der Waals surface area contributed by atoms with Crippen LogP contribution in [-0.2, 0) is 21.3 Å². The van der Waals surface area contributed by atoms with Gasteiger partial charge >= 0.3 is 0 Å². The fraction of sp³-hybridized carbons (Fsp3) is 0.308. The number of benzene rings is 2. The number of aliphatic hydroxyl groups excluding tert-OH is 1. The molecule has 2 aromatic carbocycles. The average Bonchev–Trinajstić information content (AvgIpc) is 3.17. The van der Waals surface area contributed by atoms with Crippen molar-refractivity contribution >= 4 is 17.3 Å². The van der Waals surface area contributed by atoms with E-state index in [1.54, 1.807) is 45.8 Å². The van der Waals surface area contributed by atoms with Gasteiger partial charge in [0.05, 0.1) is 23.7 Å². The van der Waals surface area contributed by atoms with E-state index < -0.39 is 12.2 Å². The van der Waals surface area contributed by atoms with Gasteiger partial charge in [-0.25, -0.2) is 4.68 Å². The molecule has 0 fully saturated rings. The standard InChI is InChI=1S/C26H30N4O5/c1-29-22(17-24(32)30(29)19-9-3-2-4-10-19)18-15-23(35-25(16-18)34-14-8-7-13-31)26(33)28-21-12-6-5-11-20(21)27/h2-6,9-12,15,17-18,25,31H,7-8,13-14,16,27H2,1H3,(H,28,33)/t18-,25+/m1/s1. The van der Waals surface area contributed by atoms with Gasteiger partial charge in [-0.3, -0.25) is 14.3 Å². The number of para-hydroxylation sites is 3. The zero-order valence-electron chi connectivity index (χ0n) is 19.6. The second-order valence-corrected chi connectivity index (χ2v) is 8.34. The molecule has 0 aliphatic carbocycles. The molecule has 0 spiro atoms. The van der Waals surface area contributed by atoms with E-state index in [0.717, 1.165) is 11.4 Å². The summed E-state index contributed by atoms with van der Waals surface area (Å²) in [5.41, 5.74) is 8.20. The molecule has 1 aliphatic heterocycles. The monoisotopic (exact) mass is 478 g/mol. The lowest BCUT2D eigenvalue weighted by atomic mass is 9.97. The van der Waals surface area contributed by atoms with Crippen LogP contribution in [0.15, 0.2) is 77.3 Å². The Morgan fingerprint density at radius 3 is 2.66 bits per heavy atom. The smallest absolute Gasteiger partial charge is 0.290 e. The third-order valence-corrected chi connectivity index (χ3v) is 5.88. The maximum atomic E-state index is 13.1. The number of hydrogen-bond acceptors (Lipinski definition) is 6. The van der Waals surface area contributed by atoms with Crippen molar-refractivity contribution in [2.24, 2.45) is 7.05 Å². The topological polar surface area (TPSA) is 121 Å². The second kappa shape index (κ2) is 11.1. The van der Waals surface area contributed by atoms with E-state index in [4.69, 9.17) is 20.3 Å². The Bertz CT molecular complexity index is 1250. The maximum Gasteiger partial charge on any atom is 0.290 e. The number of carbonyl (C=O) groups is 1. The van der Waals surface area contributed by atoms with E-state index in [9.17, 15) is 9.59 Å². The molecule has 0 bridgehead atoms. The highest BCUT2D eigenvalue weighted by molar-refractivity contribution is 6.04. The zero-order chi connectivity index (χ0) is 24.8. The van der Waals surface area contributed by atoms with Crippen LogP contribution in [0.2, 0.25) is 0 Å². The van der Waals surface area contributed by atoms with Crippen LogP contribution >= 0.6 is 0 Å². The van der Waals surface area contributed by atoms with Crippen molar-refractivity contribution in [2.75, 3.05) is 24.3 Å². The number of nitrogens with zero attached hydrogens (tertiary/aromatic N) is 2. The molecule has 2 heterocycles. The first kappa shape index (κ1) is 24.3. The van der Waals surface area contributed by atoms with Crippen molar-refractivity contribution < 1.29 is 19.4 Å². The number of nitrogens with one attached hydrogen (secondary N) is 1. The Morgan fingerprint density at radius 2 is 1.91 bits per heavy atom. The summed E-state index contributed by atoms with van der Waals surface area (Å²) in [6, 6.07) is 17.9. The lowest BCUT2D eigenvalue weighted by Gasteiger charge is -2.29. The van der Waals surface area contributed by atoms with Crippen LogP contribution in [0.4, 0.5) is 11.4 Å². The first-order chi connectivity index (χ1) is 17.0. The summed E-state index contributed by atoms with van der Waals surface area (Å²) in [5, 5.41) is 11.8. The quantitative estimate of drug-likeness (QED) is 0.321. The number of unbranched alkanes of at least 4 members (excludes halogenated alkanes) is 1. The maximum absolute atomic E-state index is 13.1. The molecule has 9 nitrogen and oxygen atoms in total. The average molecular weight is 479 g/mol. The number of anilines is 2. The number of nitrogens with two attached hydrogens (primary N) is 1. The summed E-state index contributed by atoms with van der Waals surface area (Å²) in [6.45, 7) is 0.459. The molecule has 184 valence electrons. The number of ether oxygens (including phenoxy) is 2. The molecule has 1 aromatic heterocycles. The van der Waals surface area contributed by atoms with Gasteiger partial charge in [-0.2, -0.15) is 0 Å². The molecule has 35 heavy (non-hydrogen) atoms. The zero-order valence-corrected chi connectivity index (χ0v) is 19.6. The number of rotatable bonds is 9. The SMILES string of the molecule is Cn1c([C@@H]2C=C(C(=O)Nc3ccccc3N)O[C@H](OCCCCO)C2)cc(=O)n1-c1ccccc1. The summed E-state index contributed by atoms with van der Waals surface area (Å²) >= 11 is 0. The van der Waals surface area contributed by atoms with Crippen LogP contribution in [0.1, 0.15) is 30.9 Å². The predicted molar refractivity (Wildman–Crippen MR) is 133 cm³/mol. The lowest BCUT2D eigenvalue weighted by Crippen LogP contribution is -2.30. The molecule has 3 aromatic rings. The Hall–Kier alpha value is -3.82. The van der Waals surface area contributed by atoms with Crippen LogP contribution in [0, 0.1) is 0 Å². The van der Waals surface area contributed by atoms with Crippen molar-refractivity contribution in [3.05, 3.63) is 88.5 Å². The van der Waals surface area contributed by atoms with Crippen molar-refractivity contribution in [1.29, 1.82) is 0 Å². The molecule has 0 unspecified atom stereocenters. The normalized spacial score (nSPS) is 17.5. The third kappa shape index (κ3) is 5.64. The Kier molecular flexibility index (Phi) is 7.69. The van der Waals surface area contributed by atoms with Crippen molar-refractivity contribution in [2.45, 2.75) is 31.5 Å². The third-order valence-electron chi connectivity index (χ3n) is 5.88. The van der Waals surface area contributed by atoms with Gasteiger partial charge in [0.15, 0.2) is 5.76 Å². The minimum atomic E-state index is -0.687. The highest BCUT2D eigenvalue weighted by Crippen LogP contribution is 2.32. The van der Waals surface area contributed by atoms with E-state index in [1.807, 2.05) is 37.4 Å². The van der Waals surface area contributed by atoms with E-state index in [1.165, 1.54) is 0 Å². The van der Waals surface area contributed by atoms with Crippen molar-refractivity contribution in [3.8, 4) is 5.69 Å². The van der Waals surface area contributed by atoms with Gasteiger partial charge in [-0.15, -0.1) is 0 Å². The van der Waals surface area contributed by atoms with Gasteiger partial charge in [0.1, 0.15) is 0 Å². The van der Waals surface area contributed by atoms with Gasteiger partial charge in [0.2, 0.25) is 6.29 Å². The molecule has 0 saturated carbocycles. The van der Waals surface area contributed by atoms with Gasteiger partial charge < -0.3 is 25.6 Å². The first-order valence-electron chi connectivity index (χ1n) is 11.6. The largest absolute Gasteiger partial charge is 0.459 e. The predicted octanol–water partition coefficient (Wildman–Crippen LogP) is 2.90. The van der Waals surface area contributed by atoms with Crippen LogP contribution in [0.25, 0.3) is 5.69 Å². The minimum absolute atomic E-state index is 0.0820. The van der Waals surface area contributed by atoms with E-state index in [-0.39, 0.29) is 23.8 Å². The Labute approximate surface area is 203 Å². The molecular formula is C26H30N4O5. The highest BCUT2D eigenvalue weighted by atomic mass is 16.7. The molecule has 0 radical (unpaired) electrons. The van der Waals surface area contributed by atoms with Gasteiger partial charge in [0, 0.05) is 37.8 Å². The van der Waals surface area contributed by atoms with Gasteiger partial charge in [-0.1, -0.05) is 30.3 Å². The minimum Gasteiger partial charge on any atom is -0.459 e. The summed E-state index contributed by atoms with van der Waals surface area (Å²) in [5.74, 6) is -0.663. The van der Waals surface area contributed by atoms with Crippen LogP contribution < -0.4 is 16.6 Å². The summed E-state index contributed by atoms with van der Waals surface area (Å²) in [6.07, 6.45) is 2.73. The molecule has 4 N–H and O–H groups in total. The van der Waals surface area contributed by atoms with Crippen LogP contribution in [-0.4, -0.2) is 39.9 Å². The molecule has 2 atom stereocenters. The lowest BCUT2D eigenvalue weighted by molar-refractivity contribution is -0.143. The van der Waals surface area contributed by atoms with Crippen LogP contribution in [0.5, 0.6) is 0 Å². The number of aromatic nitrogens is 2. The fourth-order valence-electron chi connectivity index (χ4n) is 4.11. The molecular weight excluding hydrogens is 448 g/mol. The highest BCUT2D eigenvalue weighted by Gasteiger charge is 2.31. The molecule has 1 amide bonds. The molecule has 0 saturated heterocycles.